The molecule has 2 aromatic rings. The number of hydrogen-bond donors (Lipinski definition) is 1. The van der Waals surface area contributed by atoms with E-state index in [1.54, 1.807) is 0 Å². The van der Waals surface area contributed by atoms with Gasteiger partial charge in [-0.2, -0.15) is 0 Å². The van der Waals surface area contributed by atoms with Gasteiger partial charge in [0.15, 0.2) is 0 Å². The van der Waals surface area contributed by atoms with Gasteiger partial charge in [-0.15, -0.1) is 0 Å². The first-order chi connectivity index (χ1) is 10.2. The van der Waals surface area contributed by atoms with Gasteiger partial charge >= 0.3 is 0 Å². The number of nitrogens with zero attached hydrogens (tertiary/aromatic N) is 1. The molecule has 2 aromatic carbocycles. The zero-order valence-corrected chi connectivity index (χ0v) is 12.6. The van der Waals surface area contributed by atoms with Crippen molar-refractivity contribution in [2.45, 2.75) is 24.9 Å². The average Bonchev–Trinajstić information content (AvgIpc) is 2.71. The topological polar surface area (TPSA) is 23.5 Å². The van der Waals surface area contributed by atoms with Crippen molar-refractivity contribution in [3.05, 3.63) is 60.2 Å². The highest BCUT2D eigenvalue weighted by atomic mass is 16.3. The minimum atomic E-state index is -0.667. The van der Waals surface area contributed by atoms with E-state index in [0.717, 1.165) is 37.9 Å². The van der Waals surface area contributed by atoms with Crippen molar-refractivity contribution in [3.8, 4) is 11.1 Å². The lowest BCUT2D eigenvalue weighted by Crippen LogP contribution is -2.27. The fourth-order valence-corrected chi connectivity index (χ4v) is 3.15. The molecule has 1 N–H and O–H groups in total. The summed E-state index contributed by atoms with van der Waals surface area (Å²) >= 11 is 0. The monoisotopic (exact) mass is 281 g/mol. The summed E-state index contributed by atoms with van der Waals surface area (Å²) in [5.41, 5.74) is 2.81. The van der Waals surface area contributed by atoms with E-state index in [1.165, 1.54) is 11.1 Å². The van der Waals surface area contributed by atoms with Crippen LogP contribution in [0.2, 0.25) is 0 Å². The highest BCUT2D eigenvalue weighted by Crippen LogP contribution is 2.33. The number of rotatable bonds is 2. The molecule has 0 aliphatic carbocycles. The predicted molar refractivity (Wildman–Crippen MR) is 87.1 cm³/mol. The third-order valence-corrected chi connectivity index (χ3v) is 4.57. The van der Waals surface area contributed by atoms with Crippen LogP contribution in [0.3, 0.4) is 0 Å². The van der Waals surface area contributed by atoms with Crippen LogP contribution < -0.4 is 0 Å². The fourth-order valence-electron chi connectivity index (χ4n) is 3.15. The molecule has 0 aromatic heterocycles. The Kier molecular flexibility index (Phi) is 4.09. The van der Waals surface area contributed by atoms with E-state index >= 15 is 0 Å². The largest absolute Gasteiger partial charge is 0.385 e. The van der Waals surface area contributed by atoms with Gasteiger partial charge in [0.1, 0.15) is 0 Å². The van der Waals surface area contributed by atoms with Gasteiger partial charge in [0.2, 0.25) is 0 Å². The Balaban J connectivity index is 1.83. The maximum Gasteiger partial charge on any atom is 0.0909 e. The maximum atomic E-state index is 11.0. The second-order valence-corrected chi connectivity index (χ2v) is 6.13. The van der Waals surface area contributed by atoms with Crippen LogP contribution in [0.4, 0.5) is 0 Å². The zero-order valence-electron chi connectivity index (χ0n) is 12.6. The van der Waals surface area contributed by atoms with E-state index < -0.39 is 5.60 Å². The Morgan fingerprint density at radius 1 is 0.857 bits per heavy atom. The highest BCUT2D eigenvalue weighted by molar-refractivity contribution is 5.63. The Morgan fingerprint density at radius 2 is 1.52 bits per heavy atom. The molecule has 3 rings (SSSR count). The van der Waals surface area contributed by atoms with Gasteiger partial charge in [-0.05, 0) is 49.5 Å². The molecule has 0 radical (unpaired) electrons. The molecule has 1 aliphatic rings. The molecule has 1 fully saturated rings. The van der Waals surface area contributed by atoms with Crippen molar-refractivity contribution in [2.24, 2.45) is 0 Å². The molecule has 0 spiro atoms. The molecule has 21 heavy (non-hydrogen) atoms. The number of hydrogen-bond acceptors (Lipinski definition) is 2. The van der Waals surface area contributed by atoms with Crippen molar-refractivity contribution >= 4 is 0 Å². The molecule has 2 nitrogen and oxygen atoms in total. The Hall–Kier alpha value is -1.64. The molecule has 0 bridgehead atoms. The quantitative estimate of drug-likeness (QED) is 0.908. The van der Waals surface area contributed by atoms with Gasteiger partial charge in [-0.25, -0.2) is 0 Å². The van der Waals surface area contributed by atoms with E-state index in [9.17, 15) is 5.11 Å². The minimum absolute atomic E-state index is 0.667. The molecule has 110 valence electrons. The van der Waals surface area contributed by atoms with Crippen LogP contribution in [0, 0.1) is 0 Å². The smallest absolute Gasteiger partial charge is 0.0909 e. The van der Waals surface area contributed by atoms with E-state index in [-0.39, 0.29) is 0 Å². The third-order valence-electron chi connectivity index (χ3n) is 4.57. The summed E-state index contributed by atoms with van der Waals surface area (Å²) in [7, 11) is 2.13. The summed E-state index contributed by atoms with van der Waals surface area (Å²) in [6.07, 6.45) is 2.71. The summed E-state index contributed by atoms with van der Waals surface area (Å²) in [5.74, 6) is 0. The fraction of sp³-hybridized carbons (Fsp3) is 0.368. The second kappa shape index (κ2) is 6.00. The summed E-state index contributed by atoms with van der Waals surface area (Å²) < 4.78 is 0. The Labute approximate surface area is 127 Å². The number of aliphatic hydroxyl groups is 1. The predicted octanol–water partition coefficient (Wildman–Crippen LogP) is 3.66. The van der Waals surface area contributed by atoms with Gasteiger partial charge < -0.3 is 10.0 Å². The maximum absolute atomic E-state index is 11.0. The molecule has 1 saturated heterocycles. The summed E-state index contributed by atoms with van der Waals surface area (Å²) in [5, 5.41) is 11.0. The lowest BCUT2D eigenvalue weighted by molar-refractivity contribution is 0.0218. The lowest BCUT2D eigenvalue weighted by atomic mass is 9.86. The van der Waals surface area contributed by atoms with Gasteiger partial charge in [-0.1, -0.05) is 54.6 Å². The Morgan fingerprint density at radius 3 is 2.24 bits per heavy atom. The molecule has 0 saturated carbocycles. The molecular weight excluding hydrogens is 258 g/mol. The molecular formula is C19H23NO. The van der Waals surface area contributed by atoms with Gasteiger partial charge in [-0.3, -0.25) is 0 Å². The first kappa shape index (κ1) is 14.3. The summed E-state index contributed by atoms with van der Waals surface area (Å²) in [6, 6.07) is 18.8. The van der Waals surface area contributed by atoms with Crippen molar-refractivity contribution in [1.29, 1.82) is 0 Å². The lowest BCUT2D eigenvalue weighted by Gasteiger charge is -2.27. The molecule has 2 heteroatoms. The second-order valence-electron chi connectivity index (χ2n) is 6.13. The first-order valence-electron chi connectivity index (χ1n) is 7.74. The van der Waals surface area contributed by atoms with E-state index in [4.69, 9.17) is 0 Å². The molecule has 1 aliphatic heterocycles. The van der Waals surface area contributed by atoms with Crippen molar-refractivity contribution in [1.82, 2.24) is 4.90 Å². The third kappa shape index (κ3) is 3.17. The van der Waals surface area contributed by atoms with Crippen molar-refractivity contribution < 1.29 is 5.11 Å². The standard InChI is InChI=1S/C19H23NO/c1-20-14-5-12-19(21,13-15-20)18-10-8-17(9-11-18)16-6-3-2-4-7-16/h2-4,6-11,21H,5,12-15H2,1H3. The van der Waals surface area contributed by atoms with Gasteiger partial charge in [0.25, 0.3) is 0 Å². The number of likely N-dealkylation sites (tertiary alicyclic amines) is 1. The normalized spacial score (nSPS) is 23.7. The van der Waals surface area contributed by atoms with Crippen LogP contribution in [-0.4, -0.2) is 30.1 Å². The van der Waals surface area contributed by atoms with Crippen molar-refractivity contribution in [3.63, 3.8) is 0 Å². The zero-order chi connectivity index (χ0) is 14.7. The van der Waals surface area contributed by atoms with Crippen molar-refractivity contribution in [2.75, 3.05) is 20.1 Å². The van der Waals surface area contributed by atoms with Crippen LogP contribution in [0.15, 0.2) is 54.6 Å². The van der Waals surface area contributed by atoms with Gasteiger partial charge in [0.05, 0.1) is 5.60 Å². The van der Waals surface area contributed by atoms with E-state index in [1.807, 2.05) is 6.07 Å². The van der Waals surface area contributed by atoms with Crippen LogP contribution in [-0.2, 0) is 5.60 Å². The molecule has 1 heterocycles. The van der Waals surface area contributed by atoms with E-state index in [0.29, 0.717) is 0 Å². The average molecular weight is 281 g/mol. The summed E-state index contributed by atoms with van der Waals surface area (Å²) in [4.78, 5) is 2.30. The van der Waals surface area contributed by atoms with Crippen LogP contribution in [0.5, 0.6) is 0 Å². The Bertz CT molecular complexity index is 578. The highest BCUT2D eigenvalue weighted by Gasteiger charge is 2.31. The molecule has 0 amide bonds. The van der Waals surface area contributed by atoms with Crippen LogP contribution >= 0.6 is 0 Å². The SMILES string of the molecule is CN1CCCC(O)(c2ccc(-c3ccccc3)cc2)CC1. The van der Waals surface area contributed by atoms with Crippen LogP contribution in [0.25, 0.3) is 11.1 Å². The molecule has 1 atom stereocenters. The first-order valence-corrected chi connectivity index (χ1v) is 7.74. The van der Waals surface area contributed by atoms with Gasteiger partial charge in [0, 0.05) is 6.54 Å². The summed E-state index contributed by atoms with van der Waals surface area (Å²) in [6.45, 7) is 2.03. The molecule has 1 unspecified atom stereocenters. The van der Waals surface area contributed by atoms with Crippen LogP contribution in [0.1, 0.15) is 24.8 Å². The minimum Gasteiger partial charge on any atom is -0.385 e. The van der Waals surface area contributed by atoms with E-state index in [2.05, 4.69) is 60.5 Å². The number of benzene rings is 2.